The lowest BCUT2D eigenvalue weighted by Gasteiger charge is -2.28. The third-order valence-electron chi connectivity index (χ3n) is 3.97. The third-order valence-corrected chi connectivity index (χ3v) is 3.97. The van der Waals surface area contributed by atoms with E-state index in [0.717, 1.165) is 17.7 Å². The Morgan fingerprint density at radius 3 is 2.38 bits per heavy atom. The van der Waals surface area contributed by atoms with Crippen molar-refractivity contribution < 1.29 is 14.2 Å². The average molecular weight is 293 g/mol. The van der Waals surface area contributed by atoms with Crippen LogP contribution < -0.4 is 15.2 Å². The Morgan fingerprint density at radius 1 is 1.24 bits per heavy atom. The molecular formula is C17H27NO3. The van der Waals surface area contributed by atoms with Crippen molar-refractivity contribution in [3.63, 3.8) is 0 Å². The van der Waals surface area contributed by atoms with Gasteiger partial charge in [0, 0.05) is 12.5 Å². The molecule has 1 aliphatic rings. The van der Waals surface area contributed by atoms with E-state index < -0.39 is 0 Å². The van der Waals surface area contributed by atoms with Crippen LogP contribution in [-0.2, 0) is 4.74 Å². The van der Waals surface area contributed by atoms with Gasteiger partial charge >= 0.3 is 0 Å². The quantitative estimate of drug-likeness (QED) is 0.924. The van der Waals surface area contributed by atoms with Crippen LogP contribution in [-0.4, -0.2) is 24.4 Å². The molecule has 0 aliphatic carbocycles. The molecule has 0 spiro atoms. The van der Waals surface area contributed by atoms with Gasteiger partial charge in [-0.25, -0.2) is 0 Å². The van der Waals surface area contributed by atoms with Crippen molar-refractivity contribution in [2.75, 3.05) is 7.11 Å². The van der Waals surface area contributed by atoms with E-state index in [0.29, 0.717) is 5.75 Å². The van der Waals surface area contributed by atoms with E-state index in [1.54, 1.807) is 7.11 Å². The van der Waals surface area contributed by atoms with Gasteiger partial charge in [-0.3, -0.25) is 0 Å². The van der Waals surface area contributed by atoms with Gasteiger partial charge in [0.05, 0.1) is 12.7 Å². The molecule has 0 radical (unpaired) electrons. The summed E-state index contributed by atoms with van der Waals surface area (Å²) in [4.78, 5) is 0. The first kappa shape index (κ1) is 16.1. The molecule has 118 valence electrons. The van der Waals surface area contributed by atoms with E-state index in [2.05, 4.69) is 27.7 Å². The number of rotatable bonds is 4. The molecule has 1 unspecified atom stereocenters. The lowest BCUT2D eigenvalue weighted by molar-refractivity contribution is -0.0847. The Morgan fingerprint density at radius 2 is 1.90 bits per heavy atom. The number of hydrogen-bond acceptors (Lipinski definition) is 4. The Balaban J connectivity index is 2.24. The Labute approximate surface area is 127 Å². The first-order valence-electron chi connectivity index (χ1n) is 7.45. The van der Waals surface area contributed by atoms with Gasteiger partial charge in [0.25, 0.3) is 0 Å². The molecule has 1 fully saturated rings. The smallest absolute Gasteiger partial charge is 0.161 e. The summed E-state index contributed by atoms with van der Waals surface area (Å²) in [5, 5.41) is 0. The van der Waals surface area contributed by atoms with Crippen LogP contribution in [0.2, 0.25) is 0 Å². The molecule has 2 rings (SSSR count). The predicted octanol–water partition coefficient (Wildman–Crippen LogP) is 3.44. The van der Waals surface area contributed by atoms with E-state index in [1.807, 2.05) is 25.1 Å². The minimum Gasteiger partial charge on any atom is -0.493 e. The van der Waals surface area contributed by atoms with Gasteiger partial charge in [0.15, 0.2) is 11.5 Å². The van der Waals surface area contributed by atoms with E-state index in [4.69, 9.17) is 19.9 Å². The second-order valence-corrected chi connectivity index (χ2v) is 6.97. The zero-order valence-electron chi connectivity index (χ0n) is 13.9. The van der Waals surface area contributed by atoms with Crippen molar-refractivity contribution in [3.05, 3.63) is 23.8 Å². The molecule has 0 saturated carbocycles. The molecule has 21 heavy (non-hydrogen) atoms. The van der Waals surface area contributed by atoms with Gasteiger partial charge in [0.2, 0.25) is 0 Å². The summed E-state index contributed by atoms with van der Waals surface area (Å²) >= 11 is 0. The SMILES string of the molecule is COc1cc([C@@H](C)N)ccc1OC1CC(C)(C)OC1(C)C. The number of nitrogens with two attached hydrogens (primary N) is 1. The fourth-order valence-corrected chi connectivity index (χ4v) is 2.91. The standard InChI is InChI=1S/C17H27NO3/c1-11(18)12-7-8-13(14(9-12)19-6)20-15-10-16(2,3)21-17(15,4)5/h7-9,11,15H,10,18H2,1-6H3/t11-,15?/m1/s1. The summed E-state index contributed by atoms with van der Waals surface area (Å²) in [5.74, 6) is 1.45. The lowest BCUT2D eigenvalue weighted by atomic mass is 9.97. The molecule has 1 heterocycles. The van der Waals surface area contributed by atoms with Crippen LogP contribution >= 0.6 is 0 Å². The summed E-state index contributed by atoms with van der Waals surface area (Å²) < 4.78 is 17.7. The highest BCUT2D eigenvalue weighted by molar-refractivity contribution is 5.44. The largest absolute Gasteiger partial charge is 0.493 e. The van der Waals surface area contributed by atoms with Crippen LogP contribution in [0.15, 0.2) is 18.2 Å². The first-order valence-corrected chi connectivity index (χ1v) is 7.45. The van der Waals surface area contributed by atoms with E-state index in [1.165, 1.54) is 0 Å². The van der Waals surface area contributed by atoms with Gasteiger partial charge in [-0.05, 0) is 52.3 Å². The Bertz CT molecular complexity index is 509. The number of methoxy groups -OCH3 is 1. The van der Waals surface area contributed by atoms with Crippen molar-refractivity contribution in [1.82, 2.24) is 0 Å². The molecule has 1 aromatic rings. The molecule has 0 amide bonds. The van der Waals surface area contributed by atoms with E-state index in [9.17, 15) is 0 Å². The van der Waals surface area contributed by atoms with Gasteiger partial charge in [0.1, 0.15) is 11.7 Å². The van der Waals surface area contributed by atoms with Crippen molar-refractivity contribution in [1.29, 1.82) is 0 Å². The van der Waals surface area contributed by atoms with Crippen molar-refractivity contribution in [2.45, 2.75) is 64.4 Å². The molecule has 1 aliphatic heterocycles. The maximum Gasteiger partial charge on any atom is 0.161 e. The minimum atomic E-state index is -0.325. The predicted molar refractivity (Wildman–Crippen MR) is 83.9 cm³/mol. The fourth-order valence-electron chi connectivity index (χ4n) is 2.91. The second-order valence-electron chi connectivity index (χ2n) is 6.97. The molecule has 2 atom stereocenters. The second kappa shape index (κ2) is 5.50. The average Bonchev–Trinajstić information content (AvgIpc) is 2.57. The summed E-state index contributed by atoms with van der Waals surface area (Å²) in [6, 6.07) is 5.82. The highest BCUT2D eigenvalue weighted by Gasteiger charge is 2.47. The number of hydrogen-bond donors (Lipinski definition) is 1. The molecule has 1 aromatic carbocycles. The van der Waals surface area contributed by atoms with Crippen LogP contribution in [0.4, 0.5) is 0 Å². The lowest BCUT2D eigenvalue weighted by Crippen LogP contribution is -2.36. The highest BCUT2D eigenvalue weighted by Crippen LogP contribution is 2.41. The van der Waals surface area contributed by atoms with Crippen LogP contribution in [0.3, 0.4) is 0 Å². The van der Waals surface area contributed by atoms with Gasteiger partial charge in [-0.1, -0.05) is 6.07 Å². The molecule has 0 aromatic heterocycles. The fraction of sp³-hybridized carbons (Fsp3) is 0.647. The topological polar surface area (TPSA) is 53.7 Å². The summed E-state index contributed by atoms with van der Waals surface area (Å²) in [6.07, 6.45) is 0.834. The van der Waals surface area contributed by atoms with Crippen molar-refractivity contribution >= 4 is 0 Å². The third kappa shape index (κ3) is 3.50. The number of ether oxygens (including phenoxy) is 3. The number of benzene rings is 1. The molecule has 1 saturated heterocycles. The highest BCUT2D eigenvalue weighted by atomic mass is 16.6. The molecule has 0 bridgehead atoms. The molecule has 4 nitrogen and oxygen atoms in total. The Hall–Kier alpha value is -1.26. The molecular weight excluding hydrogens is 266 g/mol. The summed E-state index contributed by atoms with van der Waals surface area (Å²) in [7, 11) is 1.65. The van der Waals surface area contributed by atoms with Gasteiger partial charge in [-0.15, -0.1) is 0 Å². The maximum absolute atomic E-state index is 6.19. The van der Waals surface area contributed by atoms with Gasteiger partial charge < -0.3 is 19.9 Å². The molecule has 2 N–H and O–H groups in total. The monoisotopic (exact) mass is 293 g/mol. The van der Waals surface area contributed by atoms with Crippen LogP contribution in [0.25, 0.3) is 0 Å². The Kier molecular flexibility index (Phi) is 4.22. The summed E-state index contributed by atoms with van der Waals surface area (Å²) in [5.41, 5.74) is 6.44. The van der Waals surface area contributed by atoms with E-state index >= 15 is 0 Å². The minimum absolute atomic E-state index is 0.0115. The zero-order valence-corrected chi connectivity index (χ0v) is 13.9. The first-order chi connectivity index (χ1) is 9.64. The zero-order chi connectivity index (χ0) is 15.8. The summed E-state index contributed by atoms with van der Waals surface area (Å²) in [6.45, 7) is 10.3. The van der Waals surface area contributed by atoms with Crippen LogP contribution in [0, 0.1) is 0 Å². The normalized spacial score (nSPS) is 24.6. The molecule has 4 heteroatoms. The van der Waals surface area contributed by atoms with Gasteiger partial charge in [-0.2, -0.15) is 0 Å². The van der Waals surface area contributed by atoms with Crippen molar-refractivity contribution in [2.24, 2.45) is 5.73 Å². The van der Waals surface area contributed by atoms with E-state index in [-0.39, 0.29) is 23.3 Å². The van der Waals surface area contributed by atoms with Crippen LogP contribution in [0.5, 0.6) is 11.5 Å². The van der Waals surface area contributed by atoms with Crippen LogP contribution in [0.1, 0.15) is 52.6 Å². The maximum atomic E-state index is 6.19. The van der Waals surface area contributed by atoms with Crippen molar-refractivity contribution in [3.8, 4) is 11.5 Å².